The van der Waals surface area contributed by atoms with E-state index in [2.05, 4.69) is 51.2 Å². The zero-order valence-electron chi connectivity index (χ0n) is 18.8. The van der Waals surface area contributed by atoms with Crippen LogP contribution in [0.1, 0.15) is 74.1 Å². The summed E-state index contributed by atoms with van der Waals surface area (Å²) in [5.74, 6) is 1.37. The molecule has 0 aliphatic rings. The molecule has 0 radical (unpaired) electrons. The number of carbonyl (C=O) groups is 2. The van der Waals surface area contributed by atoms with E-state index in [0.717, 1.165) is 37.7 Å². The smallest absolute Gasteiger partial charge is 0.408 e. The summed E-state index contributed by atoms with van der Waals surface area (Å²) >= 11 is 1.63. The second-order valence-electron chi connectivity index (χ2n) is 8.39. The number of thioether (sulfide) groups is 1. The number of amides is 1. The van der Waals surface area contributed by atoms with Gasteiger partial charge in [0.25, 0.3) is 0 Å². The summed E-state index contributed by atoms with van der Waals surface area (Å²) in [4.78, 5) is 22.9. The number of hydrogen-bond acceptors (Lipinski definition) is 4. The molecule has 1 atom stereocenters. The van der Waals surface area contributed by atoms with E-state index in [4.69, 9.17) is 4.74 Å². The number of hydrogen-bond donors (Lipinski definition) is 1. The van der Waals surface area contributed by atoms with Crippen molar-refractivity contribution >= 4 is 24.1 Å². The molecular formula is C23H39NO3S. The van der Waals surface area contributed by atoms with Crippen molar-refractivity contribution in [2.75, 3.05) is 11.5 Å². The van der Waals surface area contributed by atoms with Crippen LogP contribution in [-0.2, 0) is 9.53 Å². The van der Waals surface area contributed by atoms with Crippen LogP contribution in [0, 0.1) is 0 Å². The van der Waals surface area contributed by atoms with Crippen LogP contribution in [0.5, 0.6) is 0 Å². The van der Waals surface area contributed by atoms with Gasteiger partial charge in [0.2, 0.25) is 0 Å². The van der Waals surface area contributed by atoms with E-state index >= 15 is 0 Å². The molecule has 1 amide bonds. The Morgan fingerprint density at radius 3 is 2.11 bits per heavy atom. The van der Waals surface area contributed by atoms with Crippen LogP contribution in [0.15, 0.2) is 34.9 Å². The predicted molar refractivity (Wildman–Crippen MR) is 122 cm³/mol. The Bertz CT molecular complexity index is 567. The first kappa shape index (κ1) is 26.5. The van der Waals surface area contributed by atoms with Gasteiger partial charge in [-0.3, -0.25) is 0 Å². The summed E-state index contributed by atoms with van der Waals surface area (Å²) < 4.78 is 5.18. The fourth-order valence-corrected chi connectivity index (χ4v) is 3.26. The third kappa shape index (κ3) is 16.7. The maximum atomic E-state index is 11.7. The van der Waals surface area contributed by atoms with Gasteiger partial charge in [-0.05, 0) is 74.1 Å². The fourth-order valence-electron chi connectivity index (χ4n) is 2.31. The molecule has 0 fully saturated rings. The number of rotatable bonds is 12. The zero-order chi connectivity index (χ0) is 21.6. The molecule has 0 aromatic rings. The lowest BCUT2D eigenvalue weighted by Gasteiger charge is -2.21. The maximum absolute atomic E-state index is 11.7. The van der Waals surface area contributed by atoms with Gasteiger partial charge in [-0.1, -0.05) is 34.9 Å². The molecule has 0 saturated heterocycles. The minimum absolute atomic E-state index is 0.528. The SMILES string of the molecule is CC(C)=CCCC(C)=CCCC(C)=CCSC[C@@H](C=O)NC(=O)OC(C)(C)C. The molecule has 0 heterocycles. The van der Waals surface area contributed by atoms with Gasteiger partial charge in [-0.15, -0.1) is 0 Å². The van der Waals surface area contributed by atoms with Gasteiger partial charge < -0.3 is 14.8 Å². The summed E-state index contributed by atoms with van der Waals surface area (Å²) in [7, 11) is 0. The average molecular weight is 410 g/mol. The molecule has 0 aliphatic carbocycles. The van der Waals surface area contributed by atoms with Crippen LogP contribution in [0.25, 0.3) is 0 Å². The molecule has 1 N–H and O–H groups in total. The zero-order valence-corrected chi connectivity index (χ0v) is 19.6. The van der Waals surface area contributed by atoms with Gasteiger partial charge in [-0.2, -0.15) is 11.8 Å². The van der Waals surface area contributed by atoms with E-state index in [-0.39, 0.29) is 0 Å². The number of carbonyl (C=O) groups excluding carboxylic acids is 2. The Kier molecular flexibility index (Phi) is 13.7. The fraction of sp³-hybridized carbons (Fsp3) is 0.652. The molecule has 160 valence electrons. The number of ether oxygens (including phenoxy) is 1. The lowest BCUT2D eigenvalue weighted by atomic mass is 10.1. The molecule has 0 rings (SSSR count). The summed E-state index contributed by atoms with van der Waals surface area (Å²) in [6, 6.07) is -0.528. The van der Waals surface area contributed by atoms with Gasteiger partial charge in [0, 0.05) is 11.5 Å². The first-order valence-corrected chi connectivity index (χ1v) is 11.2. The van der Waals surface area contributed by atoms with E-state index < -0.39 is 17.7 Å². The van der Waals surface area contributed by atoms with Crippen LogP contribution in [0.3, 0.4) is 0 Å². The number of allylic oxidation sites excluding steroid dienone is 5. The Balaban J connectivity index is 4.11. The molecule has 0 saturated carbocycles. The highest BCUT2D eigenvalue weighted by atomic mass is 32.2. The first-order valence-electron chi connectivity index (χ1n) is 10.0. The van der Waals surface area contributed by atoms with Gasteiger partial charge >= 0.3 is 6.09 Å². The molecule has 0 unspecified atom stereocenters. The van der Waals surface area contributed by atoms with Crippen molar-refractivity contribution in [2.24, 2.45) is 0 Å². The highest BCUT2D eigenvalue weighted by Gasteiger charge is 2.18. The van der Waals surface area contributed by atoms with Crippen LogP contribution in [0.2, 0.25) is 0 Å². The van der Waals surface area contributed by atoms with Crippen molar-refractivity contribution in [3.05, 3.63) is 34.9 Å². The van der Waals surface area contributed by atoms with Gasteiger partial charge in [0.05, 0.1) is 6.04 Å². The van der Waals surface area contributed by atoms with E-state index in [1.165, 1.54) is 16.7 Å². The van der Waals surface area contributed by atoms with Gasteiger partial charge in [0.1, 0.15) is 11.9 Å². The van der Waals surface area contributed by atoms with Crippen molar-refractivity contribution in [1.82, 2.24) is 5.32 Å². The quantitative estimate of drug-likeness (QED) is 0.236. The summed E-state index contributed by atoms with van der Waals surface area (Å²) in [6.45, 7) is 14.0. The summed E-state index contributed by atoms with van der Waals surface area (Å²) in [5.41, 5.74) is 3.61. The lowest BCUT2D eigenvalue weighted by molar-refractivity contribution is -0.109. The Morgan fingerprint density at radius 1 is 1.00 bits per heavy atom. The second kappa shape index (κ2) is 14.5. The summed E-state index contributed by atoms with van der Waals surface area (Å²) in [6.07, 6.45) is 11.4. The van der Waals surface area contributed by atoms with Crippen LogP contribution >= 0.6 is 11.8 Å². The van der Waals surface area contributed by atoms with Crippen LogP contribution in [0.4, 0.5) is 4.79 Å². The Hall–Kier alpha value is -1.49. The van der Waals surface area contributed by atoms with E-state index in [9.17, 15) is 9.59 Å². The van der Waals surface area contributed by atoms with Crippen molar-refractivity contribution in [3.63, 3.8) is 0 Å². The lowest BCUT2D eigenvalue weighted by Crippen LogP contribution is -2.41. The molecule has 4 nitrogen and oxygen atoms in total. The highest BCUT2D eigenvalue weighted by molar-refractivity contribution is 7.99. The van der Waals surface area contributed by atoms with Crippen molar-refractivity contribution < 1.29 is 14.3 Å². The van der Waals surface area contributed by atoms with Crippen LogP contribution < -0.4 is 5.32 Å². The third-order valence-corrected chi connectivity index (χ3v) is 4.83. The standard InChI is InChI=1S/C23H39NO3S/c1-18(2)10-8-11-19(3)12-9-13-20(4)14-15-28-17-21(16-25)24-22(26)27-23(5,6)7/h10,12,14,16,21H,8-9,11,13,15,17H2,1-7H3,(H,24,26)/t21-/m1/s1. The number of nitrogens with one attached hydrogen (secondary N) is 1. The highest BCUT2D eigenvalue weighted by Crippen LogP contribution is 2.13. The first-order chi connectivity index (χ1) is 13.0. The second-order valence-corrected chi connectivity index (χ2v) is 9.46. The van der Waals surface area contributed by atoms with Crippen LogP contribution in [-0.4, -0.2) is 35.5 Å². The molecule has 0 bridgehead atoms. The number of alkyl carbamates (subject to hydrolysis) is 1. The average Bonchev–Trinajstić information content (AvgIpc) is 2.55. The molecular weight excluding hydrogens is 370 g/mol. The largest absolute Gasteiger partial charge is 0.444 e. The van der Waals surface area contributed by atoms with E-state index in [1.54, 1.807) is 32.5 Å². The van der Waals surface area contributed by atoms with Crippen molar-refractivity contribution in [1.29, 1.82) is 0 Å². The molecule has 5 heteroatoms. The minimum atomic E-state index is -0.567. The van der Waals surface area contributed by atoms with Crippen molar-refractivity contribution in [3.8, 4) is 0 Å². The molecule has 0 spiro atoms. The van der Waals surface area contributed by atoms with Gasteiger partial charge in [0.15, 0.2) is 0 Å². The molecule has 0 aromatic carbocycles. The monoisotopic (exact) mass is 409 g/mol. The van der Waals surface area contributed by atoms with Crippen molar-refractivity contribution in [2.45, 2.75) is 85.8 Å². The maximum Gasteiger partial charge on any atom is 0.408 e. The summed E-state index contributed by atoms with van der Waals surface area (Å²) in [5, 5.41) is 2.60. The van der Waals surface area contributed by atoms with Gasteiger partial charge in [-0.25, -0.2) is 4.79 Å². The number of aldehydes is 1. The normalized spacial score (nSPS) is 13.7. The Labute approximate surface area is 176 Å². The molecule has 0 aliphatic heterocycles. The Morgan fingerprint density at radius 2 is 1.57 bits per heavy atom. The van der Waals surface area contributed by atoms with E-state index in [1.807, 2.05) is 0 Å². The minimum Gasteiger partial charge on any atom is -0.444 e. The predicted octanol–water partition coefficient (Wildman–Crippen LogP) is 6.23. The third-order valence-electron chi connectivity index (χ3n) is 3.84. The van der Waals surface area contributed by atoms with E-state index in [0.29, 0.717) is 5.75 Å². The molecule has 28 heavy (non-hydrogen) atoms. The molecule has 0 aromatic heterocycles. The topological polar surface area (TPSA) is 55.4 Å².